The highest BCUT2D eigenvalue weighted by Crippen LogP contribution is 2.32. The van der Waals surface area contributed by atoms with E-state index in [0.29, 0.717) is 0 Å². The molecule has 5 nitrogen and oxygen atoms in total. The number of aliphatic hydroxyl groups excluding tert-OH is 1. The van der Waals surface area contributed by atoms with E-state index >= 15 is 0 Å². The second kappa shape index (κ2) is 4.09. The quantitative estimate of drug-likeness (QED) is 0.698. The molecule has 0 saturated heterocycles. The molecular formula is C11H15N3O2. The van der Waals surface area contributed by atoms with Gasteiger partial charge in [-0.1, -0.05) is 19.1 Å². The largest absolute Gasteiger partial charge is 0.396 e. The number of hydrogen-bond acceptors (Lipinski definition) is 4. The third-order valence-electron chi connectivity index (χ3n) is 3.15. The Labute approximate surface area is 93.2 Å². The van der Waals surface area contributed by atoms with Gasteiger partial charge in [0.2, 0.25) is 0 Å². The molecule has 0 aliphatic heterocycles. The maximum Gasteiger partial charge on any atom is 0.350 e. The number of aromatic nitrogens is 2. The van der Waals surface area contributed by atoms with Crippen LogP contribution in [-0.4, -0.2) is 21.3 Å². The molecule has 1 aromatic heterocycles. The lowest BCUT2D eigenvalue weighted by Gasteiger charge is -2.21. The number of nitrogen functional groups attached to an aromatic ring is 1. The summed E-state index contributed by atoms with van der Waals surface area (Å²) in [7, 11) is 0. The summed E-state index contributed by atoms with van der Waals surface area (Å²) >= 11 is 0. The zero-order chi connectivity index (χ0) is 11.7. The van der Waals surface area contributed by atoms with Crippen LogP contribution in [0.15, 0.2) is 29.2 Å². The first-order valence-electron chi connectivity index (χ1n) is 5.27. The van der Waals surface area contributed by atoms with Gasteiger partial charge in [0.15, 0.2) is 0 Å². The molecule has 3 atom stereocenters. The van der Waals surface area contributed by atoms with Crippen molar-refractivity contribution < 1.29 is 5.11 Å². The predicted molar refractivity (Wildman–Crippen MR) is 60.8 cm³/mol. The SMILES string of the molecule is C[C@H]1[C@H](CO)C=C[C@@H]1n1ccc(N)nc1=O. The lowest BCUT2D eigenvalue weighted by atomic mass is 9.95. The normalized spacial score (nSPS) is 28.5. The third-order valence-corrected chi connectivity index (χ3v) is 3.15. The molecule has 1 aliphatic carbocycles. The first-order chi connectivity index (χ1) is 7.63. The van der Waals surface area contributed by atoms with Crippen molar-refractivity contribution in [3.63, 3.8) is 0 Å². The van der Waals surface area contributed by atoms with Crippen LogP contribution in [0.4, 0.5) is 5.82 Å². The standard InChI is InChI=1S/C11H15N3O2/c1-7-8(6-15)2-3-9(7)14-5-4-10(12)13-11(14)16/h2-5,7-9,15H,6H2,1H3,(H2,12,13,16)/t7-,8-,9-/m0/s1. The summed E-state index contributed by atoms with van der Waals surface area (Å²) in [5.41, 5.74) is 5.08. The maximum absolute atomic E-state index is 11.6. The molecule has 5 heteroatoms. The van der Waals surface area contributed by atoms with Gasteiger partial charge in [-0.2, -0.15) is 4.98 Å². The smallest absolute Gasteiger partial charge is 0.350 e. The van der Waals surface area contributed by atoms with Gasteiger partial charge in [-0.3, -0.25) is 4.57 Å². The minimum Gasteiger partial charge on any atom is -0.396 e. The zero-order valence-corrected chi connectivity index (χ0v) is 9.08. The average Bonchev–Trinajstić information content (AvgIpc) is 2.60. The van der Waals surface area contributed by atoms with E-state index in [4.69, 9.17) is 10.8 Å². The highest BCUT2D eigenvalue weighted by Gasteiger charge is 2.29. The van der Waals surface area contributed by atoms with Crippen LogP contribution < -0.4 is 11.4 Å². The summed E-state index contributed by atoms with van der Waals surface area (Å²) in [5.74, 6) is 0.525. The Morgan fingerprint density at radius 2 is 2.31 bits per heavy atom. The van der Waals surface area contributed by atoms with Gasteiger partial charge >= 0.3 is 5.69 Å². The van der Waals surface area contributed by atoms with E-state index in [2.05, 4.69) is 4.98 Å². The molecule has 0 unspecified atom stereocenters. The fraction of sp³-hybridized carbons (Fsp3) is 0.455. The summed E-state index contributed by atoms with van der Waals surface area (Å²) in [6.07, 6.45) is 5.53. The van der Waals surface area contributed by atoms with E-state index in [1.54, 1.807) is 16.8 Å². The number of hydrogen-bond donors (Lipinski definition) is 2. The summed E-state index contributed by atoms with van der Waals surface area (Å²) in [6, 6.07) is 1.56. The lowest BCUT2D eigenvalue weighted by molar-refractivity contribution is 0.204. The molecule has 0 fully saturated rings. The van der Waals surface area contributed by atoms with Gasteiger partial charge in [-0.05, 0) is 12.0 Å². The van der Waals surface area contributed by atoms with Crippen LogP contribution in [0.5, 0.6) is 0 Å². The summed E-state index contributed by atoms with van der Waals surface area (Å²) < 4.78 is 1.55. The highest BCUT2D eigenvalue weighted by molar-refractivity contribution is 5.24. The second-order valence-electron chi connectivity index (χ2n) is 4.12. The van der Waals surface area contributed by atoms with Crippen LogP contribution in [0.25, 0.3) is 0 Å². The average molecular weight is 221 g/mol. The molecule has 0 spiro atoms. The number of anilines is 1. The van der Waals surface area contributed by atoms with Crippen molar-refractivity contribution in [3.8, 4) is 0 Å². The lowest BCUT2D eigenvalue weighted by Crippen LogP contribution is -2.30. The van der Waals surface area contributed by atoms with E-state index < -0.39 is 0 Å². The number of rotatable bonds is 2. The van der Waals surface area contributed by atoms with Crippen molar-refractivity contribution in [2.75, 3.05) is 12.3 Å². The van der Waals surface area contributed by atoms with Crippen LogP contribution in [0.2, 0.25) is 0 Å². The number of nitrogens with two attached hydrogens (primary N) is 1. The van der Waals surface area contributed by atoms with Crippen molar-refractivity contribution >= 4 is 5.82 Å². The molecule has 2 rings (SSSR count). The Bertz CT molecular complexity index is 467. The molecule has 0 amide bonds. The first-order valence-corrected chi connectivity index (χ1v) is 5.27. The first kappa shape index (κ1) is 10.9. The van der Waals surface area contributed by atoms with Crippen LogP contribution in [0.3, 0.4) is 0 Å². The maximum atomic E-state index is 11.6. The molecule has 3 N–H and O–H groups in total. The highest BCUT2D eigenvalue weighted by atomic mass is 16.3. The summed E-state index contributed by atoms with van der Waals surface area (Å²) in [4.78, 5) is 15.3. The van der Waals surface area contributed by atoms with Crippen molar-refractivity contribution in [2.45, 2.75) is 13.0 Å². The molecular weight excluding hydrogens is 206 g/mol. The van der Waals surface area contributed by atoms with Gasteiger partial charge in [0.1, 0.15) is 5.82 Å². The van der Waals surface area contributed by atoms with Gasteiger partial charge in [0.25, 0.3) is 0 Å². The molecule has 1 aromatic rings. The van der Waals surface area contributed by atoms with Gasteiger partial charge in [-0.15, -0.1) is 0 Å². The molecule has 0 saturated carbocycles. The zero-order valence-electron chi connectivity index (χ0n) is 9.08. The van der Waals surface area contributed by atoms with Crippen molar-refractivity contribution in [2.24, 2.45) is 11.8 Å². The number of nitrogens with zero attached hydrogens (tertiary/aromatic N) is 2. The third kappa shape index (κ3) is 1.74. The predicted octanol–water partition coefficient (Wildman–Crippen LogP) is 0.181. The minimum atomic E-state index is -0.347. The molecule has 1 aliphatic rings. The fourth-order valence-electron chi connectivity index (χ4n) is 2.09. The topological polar surface area (TPSA) is 81.1 Å². The Morgan fingerprint density at radius 3 is 2.88 bits per heavy atom. The molecule has 0 bridgehead atoms. The van der Waals surface area contributed by atoms with E-state index in [-0.39, 0.29) is 36.0 Å². The number of aliphatic hydroxyl groups is 1. The molecule has 0 aromatic carbocycles. The van der Waals surface area contributed by atoms with Gasteiger partial charge in [0, 0.05) is 18.7 Å². The molecule has 86 valence electrons. The molecule has 16 heavy (non-hydrogen) atoms. The number of allylic oxidation sites excluding steroid dienone is 1. The van der Waals surface area contributed by atoms with E-state index in [0.717, 1.165) is 0 Å². The van der Waals surface area contributed by atoms with Gasteiger partial charge in [-0.25, -0.2) is 4.79 Å². The second-order valence-corrected chi connectivity index (χ2v) is 4.12. The molecule has 0 radical (unpaired) electrons. The monoisotopic (exact) mass is 221 g/mol. The Morgan fingerprint density at radius 1 is 1.56 bits per heavy atom. The van der Waals surface area contributed by atoms with Crippen LogP contribution in [-0.2, 0) is 0 Å². The van der Waals surface area contributed by atoms with Crippen LogP contribution >= 0.6 is 0 Å². The summed E-state index contributed by atoms with van der Waals surface area (Å²) in [5, 5.41) is 9.14. The van der Waals surface area contributed by atoms with E-state index in [1.165, 1.54) is 0 Å². The van der Waals surface area contributed by atoms with Gasteiger partial charge < -0.3 is 10.8 Å². The van der Waals surface area contributed by atoms with E-state index in [9.17, 15) is 4.79 Å². The van der Waals surface area contributed by atoms with E-state index in [1.807, 2.05) is 19.1 Å². The minimum absolute atomic E-state index is 0.0438. The summed E-state index contributed by atoms with van der Waals surface area (Å²) in [6.45, 7) is 2.11. The van der Waals surface area contributed by atoms with Gasteiger partial charge in [0.05, 0.1) is 6.04 Å². The van der Waals surface area contributed by atoms with Crippen molar-refractivity contribution in [1.29, 1.82) is 0 Å². The van der Waals surface area contributed by atoms with Crippen molar-refractivity contribution in [3.05, 3.63) is 34.9 Å². The van der Waals surface area contributed by atoms with Crippen molar-refractivity contribution in [1.82, 2.24) is 9.55 Å². The Balaban J connectivity index is 2.33. The Hall–Kier alpha value is -1.62. The fourth-order valence-corrected chi connectivity index (χ4v) is 2.09. The molecule has 1 heterocycles. The van der Waals surface area contributed by atoms with Crippen LogP contribution in [0, 0.1) is 11.8 Å². The Kier molecular flexibility index (Phi) is 2.78. The van der Waals surface area contributed by atoms with Crippen LogP contribution in [0.1, 0.15) is 13.0 Å².